The molecule has 1 saturated heterocycles. The summed E-state index contributed by atoms with van der Waals surface area (Å²) in [5.41, 5.74) is 1.59. The smallest absolute Gasteiger partial charge is 0.222 e. The Morgan fingerprint density at radius 1 is 1.30 bits per heavy atom. The molecule has 1 aromatic carbocycles. The van der Waals surface area contributed by atoms with Crippen LogP contribution in [0.3, 0.4) is 0 Å². The molecular weight excluding hydrogens is 404 g/mol. The number of hydrogen-bond acceptors (Lipinski definition) is 2. The minimum Gasteiger partial charge on any atom is -0.356 e. The molecule has 1 heterocycles. The number of aliphatic imine (C=N–C) groups is 1. The van der Waals surface area contributed by atoms with Crippen LogP contribution in [0.25, 0.3) is 0 Å². The Kier molecular flexibility index (Phi) is 6.79. The normalized spacial score (nSPS) is 22.1. The topological polar surface area (TPSA) is 56.7 Å². The summed E-state index contributed by atoms with van der Waals surface area (Å²) in [6, 6.07) is 9.05. The van der Waals surface area contributed by atoms with Crippen molar-refractivity contribution in [2.45, 2.75) is 56.9 Å². The third-order valence-corrected chi connectivity index (χ3v) is 6.55. The van der Waals surface area contributed by atoms with Gasteiger partial charge in [0.2, 0.25) is 5.91 Å². The fourth-order valence-corrected chi connectivity index (χ4v) is 4.66. The van der Waals surface area contributed by atoms with Gasteiger partial charge in [-0.15, -0.1) is 0 Å². The summed E-state index contributed by atoms with van der Waals surface area (Å²) in [5.74, 6) is 1.08. The van der Waals surface area contributed by atoms with E-state index in [0.29, 0.717) is 6.42 Å². The number of likely N-dealkylation sites (tertiary alicyclic amines) is 1. The lowest BCUT2D eigenvalue weighted by Crippen LogP contribution is -2.48. The highest BCUT2D eigenvalue weighted by atomic mass is 79.9. The van der Waals surface area contributed by atoms with E-state index in [2.05, 4.69) is 55.8 Å². The Hall–Kier alpha value is -1.56. The molecule has 0 aromatic heterocycles. The summed E-state index contributed by atoms with van der Waals surface area (Å²) in [7, 11) is 1.82. The number of rotatable bonds is 5. The minimum atomic E-state index is 0.179. The Morgan fingerprint density at radius 3 is 2.63 bits per heavy atom. The van der Waals surface area contributed by atoms with Gasteiger partial charge in [0.15, 0.2) is 5.96 Å². The van der Waals surface area contributed by atoms with Gasteiger partial charge < -0.3 is 15.5 Å². The first-order valence-corrected chi connectivity index (χ1v) is 10.9. The van der Waals surface area contributed by atoms with Crippen molar-refractivity contribution in [3.8, 4) is 0 Å². The predicted octanol–water partition coefficient (Wildman–Crippen LogP) is 3.44. The van der Waals surface area contributed by atoms with Gasteiger partial charge in [-0.05, 0) is 37.0 Å². The van der Waals surface area contributed by atoms with Crippen LogP contribution in [0, 0.1) is 0 Å². The Labute approximate surface area is 171 Å². The maximum atomic E-state index is 11.9. The van der Waals surface area contributed by atoms with E-state index in [1.54, 1.807) is 0 Å². The zero-order valence-corrected chi connectivity index (χ0v) is 18.0. The second-order valence-corrected chi connectivity index (χ2v) is 8.66. The van der Waals surface area contributed by atoms with Crippen LogP contribution in [0.4, 0.5) is 0 Å². The molecule has 1 atom stereocenters. The number of nitrogens with zero attached hydrogens (tertiary/aromatic N) is 2. The van der Waals surface area contributed by atoms with E-state index in [1.807, 2.05) is 18.9 Å². The highest BCUT2D eigenvalue weighted by molar-refractivity contribution is 9.10. The van der Waals surface area contributed by atoms with Crippen LogP contribution in [0.2, 0.25) is 0 Å². The largest absolute Gasteiger partial charge is 0.356 e. The fourth-order valence-electron chi connectivity index (χ4n) is 4.39. The third kappa shape index (κ3) is 4.84. The van der Waals surface area contributed by atoms with Crippen LogP contribution in [0.5, 0.6) is 0 Å². The molecule has 0 radical (unpaired) electrons. The summed E-state index contributed by atoms with van der Waals surface area (Å²) in [5, 5.41) is 7.09. The Bertz CT molecular complexity index is 667. The standard InChI is InChI=1S/C21H31BrN4O/c1-3-19(27)26-13-10-18(14-26)25-20(23-2)24-15-21(11-4-5-12-21)16-6-8-17(22)9-7-16/h6-9,18H,3-5,10-15H2,1-2H3,(H2,23,24,25). The molecule has 1 saturated carbocycles. The average Bonchev–Trinajstić information content (AvgIpc) is 3.35. The van der Waals surface area contributed by atoms with Gasteiger partial charge in [-0.1, -0.05) is 47.8 Å². The number of hydrogen-bond donors (Lipinski definition) is 2. The molecule has 1 aromatic rings. The zero-order chi connectivity index (χ0) is 19.3. The molecule has 0 bridgehead atoms. The number of carbonyl (C=O) groups excluding carboxylic acids is 1. The van der Waals surface area contributed by atoms with Crippen molar-refractivity contribution in [1.82, 2.24) is 15.5 Å². The molecular formula is C21H31BrN4O. The van der Waals surface area contributed by atoms with Gasteiger partial charge in [0.1, 0.15) is 0 Å². The SMILES string of the molecule is CCC(=O)N1CCC(NC(=NC)NCC2(c3ccc(Br)cc3)CCCC2)C1. The van der Waals surface area contributed by atoms with Gasteiger partial charge >= 0.3 is 0 Å². The van der Waals surface area contributed by atoms with Crippen LogP contribution < -0.4 is 10.6 Å². The quantitative estimate of drug-likeness (QED) is 0.551. The highest BCUT2D eigenvalue weighted by Crippen LogP contribution is 2.40. The monoisotopic (exact) mass is 434 g/mol. The minimum absolute atomic E-state index is 0.179. The fraction of sp³-hybridized carbons (Fsp3) is 0.619. The van der Waals surface area contributed by atoms with E-state index < -0.39 is 0 Å². The lowest BCUT2D eigenvalue weighted by Gasteiger charge is -2.31. The molecule has 148 valence electrons. The van der Waals surface area contributed by atoms with Crippen LogP contribution in [0.15, 0.2) is 33.7 Å². The average molecular weight is 435 g/mol. The summed E-state index contributed by atoms with van der Waals surface area (Å²) in [6.45, 7) is 4.42. The third-order valence-electron chi connectivity index (χ3n) is 6.02. The summed E-state index contributed by atoms with van der Waals surface area (Å²) >= 11 is 3.54. The second kappa shape index (κ2) is 9.09. The second-order valence-electron chi connectivity index (χ2n) is 7.74. The number of nitrogens with one attached hydrogen (secondary N) is 2. The van der Waals surface area contributed by atoms with Crippen molar-refractivity contribution in [3.63, 3.8) is 0 Å². The maximum Gasteiger partial charge on any atom is 0.222 e. The number of halogens is 1. The van der Waals surface area contributed by atoms with Gasteiger partial charge in [-0.3, -0.25) is 9.79 Å². The molecule has 1 unspecified atom stereocenters. The van der Waals surface area contributed by atoms with E-state index >= 15 is 0 Å². The lowest BCUT2D eigenvalue weighted by molar-refractivity contribution is -0.129. The van der Waals surface area contributed by atoms with E-state index in [9.17, 15) is 4.79 Å². The van der Waals surface area contributed by atoms with Crippen LogP contribution in [-0.4, -0.2) is 49.5 Å². The summed E-state index contributed by atoms with van der Waals surface area (Å²) in [6.07, 6.45) is 6.53. The maximum absolute atomic E-state index is 11.9. The molecule has 3 rings (SSSR count). The molecule has 27 heavy (non-hydrogen) atoms. The number of benzene rings is 1. The zero-order valence-electron chi connectivity index (χ0n) is 16.4. The summed E-state index contributed by atoms with van der Waals surface area (Å²) < 4.78 is 1.12. The predicted molar refractivity (Wildman–Crippen MR) is 114 cm³/mol. The van der Waals surface area contributed by atoms with Crippen LogP contribution in [0.1, 0.15) is 51.0 Å². The van der Waals surface area contributed by atoms with Crippen molar-refractivity contribution >= 4 is 27.8 Å². The van der Waals surface area contributed by atoms with Crippen molar-refractivity contribution in [1.29, 1.82) is 0 Å². The van der Waals surface area contributed by atoms with E-state index in [0.717, 1.165) is 36.5 Å². The van der Waals surface area contributed by atoms with Crippen LogP contribution >= 0.6 is 15.9 Å². The van der Waals surface area contributed by atoms with Crippen molar-refractivity contribution in [3.05, 3.63) is 34.3 Å². The summed E-state index contributed by atoms with van der Waals surface area (Å²) in [4.78, 5) is 18.3. The van der Waals surface area contributed by atoms with E-state index in [1.165, 1.54) is 31.2 Å². The molecule has 1 aliphatic carbocycles. The molecule has 2 fully saturated rings. The molecule has 5 nitrogen and oxygen atoms in total. The van der Waals surface area contributed by atoms with Crippen molar-refractivity contribution < 1.29 is 4.79 Å². The van der Waals surface area contributed by atoms with Gasteiger partial charge in [0, 0.05) is 49.0 Å². The highest BCUT2D eigenvalue weighted by Gasteiger charge is 2.36. The van der Waals surface area contributed by atoms with Crippen LogP contribution in [-0.2, 0) is 10.2 Å². The molecule has 1 aliphatic heterocycles. The molecule has 2 N–H and O–H groups in total. The van der Waals surface area contributed by atoms with Crippen molar-refractivity contribution in [2.24, 2.45) is 4.99 Å². The van der Waals surface area contributed by atoms with Crippen molar-refractivity contribution in [2.75, 3.05) is 26.7 Å². The Morgan fingerprint density at radius 2 is 2.00 bits per heavy atom. The molecule has 1 amide bonds. The first-order valence-electron chi connectivity index (χ1n) is 10.1. The van der Waals surface area contributed by atoms with Gasteiger partial charge in [0.25, 0.3) is 0 Å². The lowest BCUT2D eigenvalue weighted by atomic mass is 9.79. The molecule has 2 aliphatic rings. The Balaban J connectivity index is 1.59. The van der Waals surface area contributed by atoms with Gasteiger partial charge in [-0.2, -0.15) is 0 Å². The number of carbonyl (C=O) groups is 1. The van der Waals surface area contributed by atoms with E-state index in [4.69, 9.17) is 0 Å². The number of guanidine groups is 1. The molecule has 0 spiro atoms. The molecule has 6 heteroatoms. The van der Waals surface area contributed by atoms with E-state index in [-0.39, 0.29) is 17.4 Å². The van der Waals surface area contributed by atoms with Gasteiger partial charge in [-0.25, -0.2) is 0 Å². The first-order chi connectivity index (χ1) is 13.1. The first kappa shape index (κ1) is 20.2. The van der Waals surface area contributed by atoms with Gasteiger partial charge in [0.05, 0.1) is 0 Å². The number of amides is 1.